The average molecular weight is 269 g/mol. The molecule has 0 fully saturated rings. The first kappa shape index (κ1) is 15.0. The molecule has 1 aromatic carbocycles. The van der Waals surface area contributed by atoms with Gasteiger partial charge in [0.15, 0.2) is 0 Å². The van der Waals surface area contributed by atoms with Crippen molar-refractivity contribution in [3.8, 4) is 5.75 Å². The topological polar surface area (TPSA) is 52.3 Å². The Bertz CT molecular complexity index is 405. The van der Waals surface area contributed by atoms with E-state index in [1.165, 1.54) is 0 Å². The van der Waals surface area contributed by atoms with Crippen LogP contribution in [0.25, 0.3) is 0 Å². The van der Waals surface area contributed by atoms with E-state index < -0.39 is 10.8 Å². The fourth-order valence-electron chi connectivity index (χ4n) is 1.62. The summed E-state index contributed by atoms with van der Waals surface area (Å²) in [6, 6.07) is 5.53. The Balaban J connectivity index is 2.69. The number of hydrogen-bond donors (Lipinski definition) is 1. The van der Waals surface area contributed by atoms with Gasteiger partial charge in [-0.3, -0.25) is 4.21 Å². The minimum atomic E-state index is -0.849. The summed E-state index contributed by atoms with van der Waals surface area (Å²) in [6.07, 6.45) is 0.985. The highest BCUT2D eigenvalue weighted by Crippen LogP contribution is 2.23. The molecule has 0 aromatic heterocycles. The zero-order valence-corrected chi connectivity index (χ0v) is 12.3. The summed E-state index contributed by atoms with van der Waals surface area (Å²) < 4.78 is 17.5. The minimum absolute atomic E-state index is 0.521. The van der Waals surface area contributed by atoms with Crippen LogP contribution in [0.5, 0.6) is 5.75 Å². The van der Waals surface area contributed by atoms with Gasteiger partial charge in [-0.15, -0.1) is 0 Å². The molecule has 0 aliphatic carbocycles. The summed E-state index contributed by atoms with van der Waals surface area (Å²) in [6.45, 7) is 6.83. The second-order valence-corrected chi connectivity index (χ2v) is 6.35. The molecular formula is C14H23NO2S. The van der Waals surface area contributed by atoms with Gasteiger partial charge >= 0.3 is 0 Å². The van der Waals surface area contributed by atoms with Crippen LogP contribution in [-0.2, 0) is 16.6 Å². The van der Waals surface area contributed by atoms with E-state index >= 15 is 0 Å². The van der Waals surface area contributed by atoms with Gasteiger partial charge in [0.25, 0.3) is 0 Å². The van der Waals surface area contributed by atoms with E-state index in [9.17, 15) is 4.21 Å². The Kier molecular flexibility index (Phi) is 6.19. The maximum atomic E-state index is 12.0. The number of anilines is 1. The van der Waals surface area contributed by atoms with Crippen LogP contribution in [-0.4, -0.2) is 16.6 Å². The third-order valence-electron chi connectivity index (χ3n) is 2.62. The molecule has 0 saturated carbocycles. The lowest BCUT2D eigenvalue weighted by molar-refractivity contribution is 0.337. The molecule has 1 aromatic rings. The molecule has 0 spiro atoms. The van der Waals surface area contributed by atoms with Gasteiger partial charge in [-0.05, 0) is 37.5 Å². The number of hydrogen-bond acceptors (Lipinski definition) is 3. The lowest BCUT2D eigenvalue weighted by Crippen LogP contribution is -2.06. The van der Waals surface area contributed by atoms with Crippen molar-refractivity contribution in [1.29, 1.82) is 0 Å². The van der Waals surface area contributed by atoms with Gasteiger partial charge in [0, 0.05) is 27.8 Å². The van der Waals surface area contributed by atoms with Crippen LogP contribution < -0.4 is 10.5 Å². The molecule has 0 bridgehead atoms. The van der Waals surface area contributed by atoms with Crippen molar-refractivity contribution >= 4 is 16.5 Å². The second-order valence-electron chi connectivity index (χ2n) is 4.77. The third kappa shape index (κ3) is 5.08. The van der Waals surface area contributed by atoms with E-state index in [1.54, 1.807) is 0 Å². The molecule has 1 rings (SSSR count). The smallest absolute Gasteiger partial charge is 0.123 e. The Morgan fingerprint density at radius 2 is 2.11 bits per heavy atom. The summed E-state index contributed by atoms with van der Waals surface area (Å²) in [4.78, 5) is 0. The zero-order chi connectivity index (χ0) is 13.5. The number of nitrogen functional groups attached to an aromatic ring is 1. The first-order valence-corrected chi connectivity index (χ1v) is 7.88. The molecule has 3 nitrogen and oxygen atoms in total. The predicted octanol–water partition coefficient (Wildman–Crippen LogP) is 2.96. The number of rotatable bonds is 7. The van der Waals surface area contributed by atoms with E-state index in [4.69, 9.17) is 10.5 Å². The molecule has 0 aliphatic rings. The van der Waals surface area contributed by atoms with E-state index in [0.29, 0.717) is 24.0 Å². The van der Waals surface area contributed by atoms with E-state index in [0.717, 1.165) is 23.5 Å². The van der Waals surface area contributed by atoms with Crippen molar-refractivity contribution in [2.24, 2.45) is 5.92 Å². The van der Waals surface area contributed by atoms with Crippen LogP contribution in [0.4, 0.5) is 5.69 Å². The molecule has 0 amide bonds. The lowest BCUT2D eigenvalue weighted by Gasteiger charge is -2.11. The van der Waals surface area contributed by atoms with Gasteiger partial charge in [0.2, 0.25) is 0 Å². The number of ether oxygens (including phenoxy) is 1. The largest absolute Gasteiger partial charge is 0.494 e. The average Bonchev–Trinajstić information content (AvgIpc) is 2.30. The van der Waals surface area contributed by atoms with Crippen molar-refractivity contribution in [3.63, 3.8) is 0 Å². The normalized spacial score (nSPS) is 12.7. The molecule has 1 unspecified atom stereocenters. The van der Waals surface area contributed by atoms with Crippen LogP contribution in [0.15, 0.2) is 18.2 Å². The lowest BCUT2D eigenvalue weighted by atomic mass is 10.2. The number of nitrogens with two attached hydrogens (primary N) is 1. The van der Waals surface area contributed by atoms with Crippen LogP contribution in [0.3, 0.4) is 0 Å². The molecule has 18 heavy (non-hydrogen) atoms. The summed E-state index contributed by atoms with van der Waals surface area (Å²) in [5.74, 6) is 2.64. The highest BCUT2D eigenvalue weighted by Gasteiger charge is 2.09. The number of benzene rings is 1. The van der Waals surface area contributed by atoms with Gasteiger partial charge in [0.05, 0.1) is 12.4 Å². The molecule has 1 atom stereocenters. The van der Waals surface area contributed by atoms with Crippen molar-refractivity contribution < 1.29 is 8.95 Å². The second kappa shape index (κ2) is 7.41. The molecule has 0 saturated heterocycles. The summed E-state index contributed by atoms with van der Waals surface area (Å²) in [7, 11) is -0.849. The van der Waals surface area contributed by atoms with Crippen LogP contribution in [0.2, 0.25) is 0 Å². The summed E-state index contributed by atoms with van der Waals surface area (Å²) in [5, 5.41) is 0. The standard InChI is InChI=1S/C14H23NO2S/c1-4-17-14-6-5-13(15)9-12(14)10-18(16)8-7-11(2)3/h5-6,9,11H,4,7-8,10,15H2,1-3H3. The maximum Gasteiger partial charge on any atom is 0.123 e. The molecule has 4 heteroatoms. The molecule has 0 aliphatic heterocycles. The van der Waals surface area contributed by atoms with Crippen molar-refractivity contribution in [2.75, 3.05) is 18.1 Å². The van der Waals surface area contributed by atoms with Crippen LogP contribution in [0, 0.1) is 5.92 Å². The molecule has 102 valence electrons. The van der Waals surface area contributed by atoms with Gasteiger partial charge in [-0.25, -0.2) is 0 Å². The van der Waals surface area contributed by atoms with Crippen molar-refractivity contribution in [3.05, 3.63) is 23.8 Å². The van der Waals surface area contributed by atoms with Crippen LogP contribution >= 0.6 is 0 Å². The fraction of sp³-hybridized carbons (Fsp3) is 0.571. The highest BCUT2D eigenvalue weighted by molar-refractivity contribution is 7.84. The molecule has 0 radical (unpaired) electrons. The predicted molar refractivity (Wildman–Crippen MR) is 78.2 cm³/mol. The van der Waals surface area contributed by atoms with Crippen molar-refractivity contribution in [1.82, 2.24) is 0 Å². The quantitative estimate of drug-likeness (QED) is 0.774. The summed E-state index contributed by atoms with van der Waals surface area (Å²) in [5.41, 5.74) is 7.40. The maximum absolute atomic E-state index is 12.0. The monoisotopic (exact) mass is 269 g/mol. The first-order valence-electron chi connectivity index (χ1n) is 6.39. The van der Waals surface area contributed by atoms with E-state index in [2.05, 4.69) is 13.8 Å². The summed E-state index contributed by atoms with van der Waals surface area (Å²) >= 11 is 0. The molecule has 2 N–H and O–H groups in total. The first-order chi connectivity index (χ1) is 8.52. The third-order valence-corrected chi connectivity index (χ3v) is 3.95. The van der Waals surface area contributed by atoms with Crippen molar-refractivity contribution in [2.45, 2.75) is 32.9 Å². The molecule has 0 heterocycles. The zero-order valence-electron chi connectivity index (χ0n) is 11.4. The fourth-order valence-corrected chi connectivity index (χ4v) is 3.07. The molecular weight excluding hydrogens is 246 g/mol. The van der Waals surface area contributed by atoms with Gasteiger partial charge in [-0.2, -0.15) is 0 Å². The van der Waals surface area contributed by atoms with Crippen LogP contribution in [0.1, 0.15) is 32.8 Å². The Morgan fingerprint density at radius 3 is 2.72 bits per heavy atom. The van der Waals surface area contributed by atoms with Gasteiger partial charge in [-0.1, -0.05) is 13.8 Å². The SMILES string of the molecule is CCOc1ccc(N)cc1CS(=O)CCC(C)C. The Morgan fingerprint density at radius 1 is 1.39 bits per heavy atom. The Hall–Kier alpha value is -1.03. The Labute approximate surface area is 112 Å². The van der Waals surface area contributed by atoms with Gasteiger partial charge in [0.1, 0.15) is 5.75 Å². The van der Waals surface area contributed by atoms with E-state index in [-0.39, 0.29) is 0 Å². The minimum Gasteiger partial charge on any atom is -0.494 e. The highest BCUT2D eigenvalue weighted by atomic mass is 32.2. The van der Waals surface area contributed by atoms with Gasteiger partial charge < -0.3 is 10.5 Å². The van der Waals surface area contributed by atoms with E-state index in [1.807, 2.05) is 25.1 Å².